The summed E-state index contributed by atoms with van der Waals surface area (Å²) in [5.74, 6) is 0.256. The first-order chi connectivity index (χ1) is 13.1. The van der Waals surface area contributed by atoms with E-state index in [0.29, 0.717) is 30.4 Å². The molecule has 2 N–H and O–H groups in total. The second-order valence-corrected chi connectivity index (χ2v) is 7.36. The first kappa shape index (κ1) is 17.8. The van der Waals surface area contributed by atoms with Crippen molar-refractivity contribution in [3.63, 3.8) is 0 Å². The average Bonchev–Trinajstić information content (AvgIpc) is 3.31. The Hall–Kier alpha value is -2.63. The van der Waals surface area contributed by atoms with Gasteiger partial charge in [-0.05, 0) is 30.2 Å². The number of hydrogen-bond acceptors (Lipinski definition) is 4. The SMILES string of the molecule is NC(=O)C1(c2ccccc2)CCN(Cc2coc(-c3cccc(Cl)c3)n2)C1. The Balaban J connectivity index is 1.51. The Kier molecular flexibility index (Phi) is 4.72. The van der Waals surface area contributed by atoms with Crippen LogP contribution >= 0.6 is 11.6 Å². The molecule has 1 atom stereocenters. The maximum Gasteiger partial charge on any atom is 0.229 e. The second-order valence-electron chi connectivity index (χ2n) is 6.93. The van der Waals surface area contributed by atoms with E-state index >= 15 is 0 Å². The molecule has 2 heterocycles. The van der Waals surface area contributed by atoms with Crippen LogP contribution in [0.15, 0.2) is 65.3 Å². The number of carbonyl (C=O) groups excluding carboxylic acids is 1. The zero-order valence-electron chi connectivity index (χ0n) is 14.8. The van der Waals surface area contributed by atoms with Crippen LogP contribution in [0.5, 0.6) is 0 Å². The Morgan fingerprint density at radius 3 is 2.78 bits per heavy atom. The summed E-state index contributed by atoms with van der Waals surface area (Å²) in [5.41, 5.74) is 7.78. The van der Waals surface area contributed by atoms with Crippen molar-refractivity contribution in [1.29, 1.82) is 0 Å². The quantitative estimate of drug-likeness (QED) is 0.732. The Bertz CT molecular complexity index is 957. The van der Waals surface area contributed by atoms with Gasteiger partial charge in [-0.25, -0.2) is 4.98 Å². The number of benzene rings is 2. The van der Waals surface area contributed by atoms with Gasteiger partial charge in [0.25, 0.3) is 0 Å². The van der Waals surface area contributed by atoms with Crippen molar-refractivity contribution in [2.75, 3.05) is 13.1 Å². The van der Waals surface area contributed by atoms with Crippen LogP contribution < -0.4 is 5.73 Å². The van der Waals surface area contributed by atoms with Crippen LogP contribution in [0.1, 0.15) is 17.7 Å². The van der Waals surface area contributed by atoms with Crippen molar-refractivity contribution in [1.82, 2.24) is 9.88 Å². The Morgan fingerprint density at radius 2 is 2.04 bits per heavy atom. The van der Waals surface area contributed by atoms with E-state index in [1.807, 2.05) is 54.6 Å². The van der Waals surface area contributed by atoms with E-state index < -0.39 is 5.41 Å². The van der Waals surface area contributed by atoms with Crippen LogP contribution in [0.3, 0.4) is 0 Å². The van der Waals surface area contributed by atoms with E-state index in [1.54, 1.807) is 6.26 Å². The molecule has 0 spiro atoms. The highest BCUT2D eigenvalue weighted by molar-refractivity contribution is 6.30. The van der Waals surface area contributed by atoms with Gasteiger partial charge in [-0.15, -0.1) is 0 Å². The molecule has 1 saturated heterocycles. The van der Waals surface area contributed by atoms with Gasteiger partial charge < -0.3 is 10.2 Å². The van der Waals surface area contributed by atoms with E-state index in [-0.39, 0.29) is 5.91 Å². The normalized spacial score (nSPS) is 20.0. The molecular weight excluding hydrogens is 362 g/mol. The van der Waals surface area contributed by atoms with E-state index in [2.05, 4.69) is 9.88 Å². The summed E-state index contributed by atoms with van der Waals surface area (Å²) in [6.45, 7) is 1.95. The van der Waals surface area contributed by atoms with Crippen molar-refractivity contribution in [3.8, 4) is 11.5 Å². The summed E-state index contributed by atoms with van der Waals surface area (Å²) in [6.07, 6.45) is 2.36. The molecule has 5 nitrogen and oxygen atoms in total. The van der Waals surface area contributed by atoms with Crippen molar-refractivity contribution in [2.45, 2.75) is 18.4 Å². The maximum atomic E-state index is 12.3. The molecule has 1 aromatic heterocycles. The lowest BCUT2D eigenvalue weighted by molar-refractivity contribution is -0.123. The fourth-order valence-electron chi connectivity index (χ4n) is 3.72. The average molecular weight is 382 g/mol. The lowest BCUT2D eigenvalue weighted by Gasteiger charge is -2.26. The third kappa shape index (κ3) is 3.48. The van der Waals surface area contributed by atoms with Crippen LogP contribution in [0.25, 0.3) is 11.5 Å². The number of carbonyl (C=O) groups is 1. The third-order valence-electron chi connectivity index (χ3n) is 5.16. The number of nitrogens with two attached hydrogens (primary N) is 1. The number of hydrogen-bond donors (Lipinski definition) is 1. The molecule has 0 aliphatic carbocycles. The molecule has 1 aliphatic rings. The van der Waals surface area contributed by atoms with Gasteiger partial charge >= 0.3 is 0 Å². The molecule has 1 fully saturated rings. The van der Waals surface area contributed by atoms with Crippen LogP contribution in [-0.2, 0) is 16.8 Å². The number of halogens is 1. The van der Waals surface area contributed by atoms with E-state index in [4.69, 9.17) is 21.8 Å². The maximum absolute atomic E-state index is 12.3. The first-order valence-corrected chi connectivity index (χ1v) is 9.23. The van der Waals surface area contributed by atoms with Crippen LogP contribution in [0.4, 0.5) is 0 Å². The molecule has 1 amide bonds. The van der Waals surface area contributed by atoms with Gasteiger partial charge in [-0.2, -0.15) is 0 Å². The van der Waals surface area contributed by atoms with E-state index in [9.17, 15) is 4.79 Å². The monoisotopic (exact) mass is 381 g/mol. The van der Waals surface area contributed by atoms with Gasteiger partial charge in [0.1, 0.15) is 6.26 Å². The number of nitrogens with zero attached hydrogens (tertiary/aromatic N) is 2. The molecule has 6 heteroatoms. The lowest BCUT2D eigenvalue weighted by atomic mass is 9.79. The standard InChI is InChI=1S/C21H20ClN3O2/c22-17-8-4-5-15(11-17)19-24-18(13-27-19)12-25-10-9-21(14-25,20(23)26)16-6-2-1-3-7-16/h1-8,11,13H,9-10,12,14H2,(H2,23,26). The van der Waals surface area contributed by atoms with Gasteiger partial charge in [0.15, 0.2) is 0 Å². The predicted octanol–water partition coefficient (Wildman–Crippen LogP) is 3.62. The molecule has 0 saturated carbocycles. The number of oxazole rings is 1. The predicted molar refractivity (Wildman–Crippen MR) is 104 cm³/mol. The van der Waals surface area contributed by atoms with Crippen molar-refractivity contribution < 1.29 is 9.21 Å². The van der Waals surface area contributed by atoms with Crippen LogP contribution in [0, 0.1) is 0 Å². The number of aromatic nitrogens is 1. The molecule has 0 bridgehead atoms. The molecule has 27 heavy (non-hydrogen) atoms. The summed E-state index contributed by atoms with van der Waals surface area (Å²) < 4.78 is 5.61. The molecule has 1 aliphatic heterocycles. The van der Waals surface area contributed by atoms with Gasteiger partial charge in [-0.3, -0.25) is 9.69 Å². The van der Waals surface area contributed by atoms with Gasteiger partial charge in [0.05, 0.1) is 11.1 Å². The summed E-state index contributed by atoms with van der Waals surface area (Å²) in [4.78, 5) is 19.1. The van der Waals surface area contributed by atoms with Gasteiger partial charge in [0, 0.05) is 30.2 Å². The van der Waals surface area contributed by atoms with E-state index in [0.717, 1.165) is 23.4 Å². The topological polar surface area (TPSA) is 72.4 Å². The number of likely N-dealkylation sites (tertiary alicyclic amines) is 1. The molecule has 3 aromatic rings. The van der Waals surface area contributed by atoms with Gasteiger partial charge in [0.2, 0.25) is 11.8 Å². The first-order valence-electron chi connectivity index (χ1n) is 8.85. The highest BCUT2D eigenvalue weighted by Gasteiger charge is 2.44. The minimum absolute atomic E-state index is 0.282. The number of rotatable bonds is 5. The van der Waals surface area contributed by atoms with Crippen LogP contribution in [0.2, 0.25) is 5.02 Å². The minimum atomic E-state index is -0.652. The largest absolute Gasteiger partial charge is 0.444 e. The van der Waals surface area contributed by atoms with Crippen molar-refractivity contribution >= 4 is 17.5 Å². The molecule has 138 valence electrons. The van der Waals surface area contributed by atoms with Crippen LogP contribution in [-0.4, -0.2) is 28.9 Å². The second kappa shape index (κ2) is 7.18. The van der Waals surface area contributed by atoms with E-state index in [1.165, 1.54) is 0 Å². The highest BCUT2D eigenvalue weighted by Crippen LogP contribution is 2.35. The fourth-order valence-corrected chi connectivity index (χ4v) is 3.91. The molecular formula is C21H20ClN3O2. The van der Waals surface area contributed by atoms with Crippen molar-refractivity contribution in [3.05, 3.63) is 77.1 Å². The summed E-state index contributed by atoms with van der Waals surface area (Å²) in [5, 5.41) is 0.640. The zero-order valence-corrected chi connectivity index (χ0v) is 15.5. The molecule has 2 aromatic carbocycles. The number of amides is 1. The lowest BCUT2D eigenvalue weighted by Crippen LogP contribution is -2.43. The molecule has 1 unspecified atom stereocenters. The van der Waals surface area contributed by atoms with Crippen molar-refractivity contribution in [2.24, 2.45) is 5.73 Å². The zero-order chi connectivity index (χ0) is 18.9. The molecule has 0 radical (unpaired) electrons. The summed E-state index contributed by atoms with van der Waals surface area (Å²) in [7, 11) is 0. The number of primary amides is 1. The highest BCUT2D eigenvalue weighted by atomic mass is 35.5. The summed E-state index contributed by atoms with van der Waals surface area (Å²) in [6, 6.07) is 17.2. The molecule has 4 rings (SSSR count). The minimum Gasteiger partial charge on any atom is -0.444 e. The third-order valence-corrected chi connectivity index (χ3v) is 5.39. The summed E-state index contributed by atoms with van der Waals surface area (Å²) >= 11 is 6.04. The Morgan fingerprint density at radius 1 is 1.22 bits per heavy atom. The smallest absolute Gasteiger partial charge is 0.229 e. The van der Waals surface area contributed by atoms with Gasteiger partial charge in [-0.1, -0.05) is 48.0 Å². The fraction of sp³-hybridized carbons (Fsp3) is 0.238. The Labute approximate surface area is 162 Å².